The molecule has 20 heavy (non-hydrogen) atoms. The Balaban J connectivity index is 2.83. The molecule has 0 saturated carbocycles. The van der Waals surface area contributed by atoms with Gasteiger partial charge in [0.15, 0.2) is 11.5 Å². The molecule has 0 fully saturated rings. The average Bonchev–Trinajstić information content (AvgIpc) is 2.42. The van der Waals surface area contributed by atoms with Crippen LogP contribution in [0, 0.1) is 0 Å². The summed E-state index contributed by atoms with van der Waals surface area (Å²) in [5.74, 6) is 0.710. The van der Waals surface area contributed by atoms with Crippen molar-refractivity contribution in [3.63, 3.8) is 0 Å². The first-order valence-electron chi connectivity index (χ1n) is 6.13. The number of ether oxygens (including phenoxy) is 2. The zero-order valence-electron chi connectivity index (χ0n) is 12.1. The quantitative estimate of drug-likeness (QED) is 0.721. The van der Waals surface area contributed by atoms with Crippen molar-refractivity contribution in [3.8, 4) is 11.5 Å². The third-order valence-corrected chi connectivity index (χ3v) is 3.91. The Hall–Kier alpha value is -1.34. The summed E-state index contributed by atoms with van der Waals surface area (Å²) in [5, 5.41) is 0. The molecule has 0 radical (unpaired) electrons. The SMILES string of the molecule is COc1ccc(C(C)N(C)CCS(=O)(=O)F)cc1OC. The molecule has 1 aromatic carbocycles. The van der Waals surface area contributed by atoms with Crippen molar-refractivity contribution in [2.24, 2.45) is 0 Å². The van der Waals surface area contributed by atoms with E-state index in [4.69, 9.17) is 9.47 Å². The lowest BCUT2D eigenvalue weighted by molar-refractivity contribution is 0.274. The number of methoxy groups -OCH3 is 2. The van der Waals surface area contributed by atoms with Gasteiger partial charge in [-0.15, -0.1) is 3.89 Å². The summed E-state index contributed by atoms with van der Waals surface area (Å²) >= 11 is 0. The van der Waals surface area contributed by atoms with Crippen LogP contribution in [0.4, 0.5) is 3.89 Å². The van der Waals surface area contributed by atoms with Crippen LogP contribution in [0.15, 0.2) is 18.2 Å². The molecule has 0 aliphatic rings. The molecule has 0 spiro atoms. The summed E-state index contributed by atoms with van der Waals surface area (Å²) in [6.45, 7) is 2.03. The summed E-state index contributed by atoms with van der Waals surface area (Å²) in [6, 6.07) is 5.40. The fourth-order valence-electron chi connectivity index (χ4n) is 1.81. The first kappa shape index (κ1) is 16.7. The van der Waals surface area contributed by atoms with E-state index in [2.05, 4.69) is 0 Å². The van der Waals surface area contributed by atoms with Crippen molar-refractivity contribution in [1.29, 1.82) is 0 Å². The highest BCUT2D eigenvalue weighted by Gasteiger charge is 2.17. The number of benzene rings is 1. The van der Waals surface area contributed by atoms with Crippen molar-refractivity contribution in [2.45, 2.75) is 13.0 Å². The zero-order valence-corrected chi connectivity index (χ0v) is 12.9. The lowest BCUT2D eigenvalue weighted by Crippen LogP contribution is -2.27. The van der Waals surface area contributed by atoms with Crippen LogP contribution in [0.1, 0.15) is 18.5 Å². The van der Waals surface area contributed by atoms with Gasteiger partial charge in [-0.25, -0.2) is 0 Å². The van der Waals surface area contributed by atoms with Crippen molar-refractivity contribution in [2.75, 3.05) is 33.6 Å². The smallest absolute Gasteiger partial charge is 0.303 e. The molecule has 5 nitrogen and oxygen atoms in total. The molecule has 0 saturated heterocycles. The highest BCUT2D eigenvalue weighted by molar-refractivity contribution is 7.86. The highest BCUT2D eigenvalue weighted by atomic mass is 32.3. The van der Waals surface area contributed by atoms with Crippen LogP contribution in [0.25, 0.3) is 0 Å². The minimum atomic E-state index is -4.44. The average molecular weight is 305 g/mol. The Kier molecular flexibility index (Phi) is 5.76. The number of hydrogen-bond donors (Lipinski definition) is 0. The minimum Gasteiger partial charge on any atom is -0.493 e. The van der Waals surface area contributed by atoms with Crippen LogP contribution in [0.3, 0.4) is 0 Å². The van der Waals surface area contributed by atoms with Crippen LogP contribution in [0.2, 0.25) is 0 Å². The first-order valence-corrected chi connectivity index (χ1v) is 7.68. The molecule has 0 heterocycles. The summed E-state index contributed by atoms with van der Waals surface area (Å²) in [7, 11) is 0.400. The standard InChI is InChI=1S/C13H20FNO4S/c1-10(15(2)7-8-20(14,16)17)11-5-6-12(18-3)13(9-11)19-4/h5-6,9-10H,7-8H2,1-4H3. The van der Waals surface area contributed by atoms with Gasteiger partial charge in [-0.3, -0.25) is 4.90 Å². The normalized spacial score (nSPS) is 13.3. The van der Waals surface area contributed by atoms with Crippen LogP contribution in [-0.2, 0) is 10.2 Å². The maximum absolute atomic E-state index is 12.5. The summed E-state index contributed by atoms with van der Waals surface area (Å²) in [5.41, 5.74) is 0.932. The second-order valence-electron chi connectivity index (χ2n) is 4.51. The number of nitrogens with zero attached hydrogens (tertiary/aromatic N) is 1. The molecule has 1 atom stereocenters. The molecule has 0 aromatic heterocycles. The fourth-order valence-corrected chi connectivity index (χ4v) is 2.32. The van der Waals surface area contributed by atoms with Gasteiger partial charge in [0.05, 0.1) is 20.0 Å². The van der Waals surface area contributed by atoms with Gasteiger partial charge in [0.1, 0.15) is 0 Å². The summed E-state index contributed by atoms with van der Waals surface area (Å²) < 4.78 is 44.0. The van der Waals surface area contributed by atoms with Crippen LogP contribution in [0.5, 0.6) is 11.5 Å². The molecule has 0 aliphatic carbocycles. The molecule has 114 valence electrons. The predicted octanol–water partition coefficient (Wildman–Crippen LogP) is 2.00. The number of rotatable bonds is 7. The van der Waals surface area contributed by atoms with Crippen molar-refractivity contribution in [3.05, 3.63) is 23.8 Å². The largest absolute Gasteiger partial charge is 0.493 e. The van der Waals surface area contributed by atoms with E-state index in [1.54, 1.807) is 32.2 Å². The van der Waals surface area contributed by atoms with E-state index < -0.39 is 16.0 Å². The van der Waals surface area contributed by atoms with E-state index in [0.717, 1.165) is 5.56 Å². The Morgan fingerprint density at radius 1 is 1.25 bits per heavy atom. The third kappa shape index (κ3) is 4.64. The number of halogens is 1. The van der Waals surface area contributed by atoms with E-state index in [-0.39, 0.29) is 12.6 Å². The molecule has 7 heteroatoms. The van der Waals surface area contributed by atoms with Gasteiger partial charge in [-0.2, -0.15) is 8.42 Å². The van der Waals surface area contributed by atoms with Crippen molar-refractivity contribution < 1.29 is 21.8 Å². The first-order chi connectivity index (χ1) is 9.28. The van der Waals surface area contributed by atoms with Gasteiger partial charge in [0.2, 0.25) is 0 Å². The monoisotopic (exact) mass is 305 g/mol. The van der Waals surface area contributed by atoms with Gasteiger partial charge in [-0.05, 0) is 31.7 Å². The zero-order chi connectivity index (χ0) is 15.3. The molecule has 0 N–H and O–H groups in total. The highest BCUT2D eigenvalue weighted by Crippen LogP contribution is 2.31. The molecular formula is C13H20FNO4S. The van der Waals surface area contributed by atoms with E-state index >= 15 is 0 Å². The molecule has 0 aliphatic heterocycles. The molecular weight excluding hydrogens is 285 g/mol. The Bertz CT molecular complexity index is 547. The Morgan fingerprint density at radius 2 is 1.85 bits per heavy atom. The second kappa shape index (κ2) is 6.90. The maximum Gasteiger partial charge on any atom is 0.303 e. The molecule has 1 aromatic rings. The van der Waals surface area contributed by atoms with E-state index in [1.807, 2.05) is 19.1 Å². The van der Waals surface area contributed by atoms with Crippen LogP contribution in [-0.4, -0.2) is 46.9 Å². The lowest BCUT2D eigenvalue weighted by atomic mass is 10.1. The molecule has 1 unspecified atom stereocenters. The van der Waals surface area contributed by atoms with Crippen molar-refractivity contribution in [1.82, 2.24) is 4.90 Å². The van der Waals surface area contributed by atoms with Gasteiger partial charge in [0.25, 0.3) is 0 Å². The summed E-state index contributed by atoms with van der Waals surface area (Å²) in [4.78, 5) is 1.76. The van der Waals surface area contributed by atoms with E-state index in [9.17, 15) is 12.3 Å². The molecule has 0 amide bonds. The minimum absolute atomic E-state index is 0.0726. The summed E-state index contributed by atoms with van der Waals surface area (Å²) in [6.07, 6.45) is 0. The molecule has 0 bridgehead atoms. The number of hydrogen-bond acceptors (Lipinski definition) is 5. The van der Waals surface area contributed by atoms with Crippen molar-refractivity contribution >= 4 is 10.2 Å². The van der Waals surface area contributed by atoms with Crippen LogP contribution < -0.4 is 9.47 Å². The van der Waals surface area contributed by atoms with Crippen LogP contribution >= 0.6 is 0 Å². The van der Waals surface area contributed by atoms with E-state index in [1.165, 1.54) is 0 Å². The van der Waals surface area contributed by atoms with Gasteiger partial charge < -0.3 is 9.47 Å². The van der Waals surface area contributed by atoms with Gasteiger partial charge in [-0.1, -0.05) is 6.07 Å². The third-order valence-electron chi connectivity index (χ3n) is 3.24. The molecule has 1 rings (SSSR count). The van der Waals surface area contributed by atoms with Gasteiger partial charge >= 0.3 is 10.2 Å². The maximum atomic E-state index is 12.5. The Morgan fingerprint density at radius 3 is 2.35 bits per heavy atom. The topological polar surface area (TPSA) is 55.8 Å². The van der Waals surface area contributed by atoms with Gasteiger partial charge in [0, 0.05) is 12.6 Å². The predicted molar refractivity (Wildman–Crippen MR) is 75.5 cm³/mol. The fraction of sp³-hybridized carbons (Fsp3) is 0.538. The second-order valence-corrected chi connectivity index (χ2v) is 6.00. The lowest BCUT2D eigenvalue weighted by Gasteiger charge is -2.25. The van der Waals surface area contributed by atoms with E-state index in [0.29, 0.717) is 11.5 Å². The Labute approximate surface area is 119 Å².